The van der Waals surface area contributed by atoms with Gasteiger partial charge in [-0.1, -0.05) is 44.0 Å². The Morgan fingerprint density at radius 1 is 1.25 bits per heavy atom. The minimum Gasteiger partial charge on any atom is -0.325 e. The van der Waals surface area contributed by atoms with Crippen molar-refractivity contribution in [3.63, 3.8) is 0 Å². The second kappa shape index (κ2) is 7.76. The number of hydrogen-bond donors (Lipinski definition) is 1. The molecule has 0 aromatic carbocycles. The molecule has 0 atom stereocenters. The Hall–Kier alpha value is -1.45. The second-order valence-corrected chi connectivity index (χ2v) is 9.57. The van der Waals surface area contributed by atoms with Gasteiger partial charge in [0.25, 0.3) is 0 Å². The van der Waals surface area contributed by atoms with Crippen molar-refractivity contribution in [1.82, 2.24) is 19.5 Å². The number of rotatable bonds is 3. The number of nitrogens with zero attached hydrogens (tertiary/aromatic N) is 4. The number of carbonyl (C=O) groups is 1. The van der Waals surface area contributed by atoms with Gasteiger partial charge in [-0.25, -0.2) is 0 Å². The lowest BCUT2D eigenvalue weighted by molar-refractivity contribution is -0.123. The molecule has 0 aliphatic rings. The predicted molar refractivity (Wildman–Crippen MR) is 121 cm³/mol. The van der Waals surface area contributed by atoms with Crippen LogP contribution in [-0.4, -0.2) is 25.4 Å². The highest BCUT2D eigenvalue weighted by molar-refractivity contribution is 14.1. The van der Waals surface area contributed by atoms with Crippen LogP contribution in [0.4, 0.5) is 5.95 Å². The van der Waals surface area contributed by atoms with Gasteiger partial charge >= 0.3 is 0 Å². The van der Waals surface area contributed by atoms with Crippen molar-refractivity contribution in [3.05, 3.63) is 43.0 Å². The van der Waals surface area contributed by atoms with Gasteiger partial charge in [0.1, 0.15) is 10.8 Å². The number of aromatic nitrogens is 4. The van der Waals surface area contributed by atoms with E-state index >= 15 is 0 Å². The zero-order chi connectivity index (χ0) is 20.8. The number of hydrogen-bond acceptors (Lipinski definition) is 4. The Balaban J connectivity index is 2.06. The van der Waals surface area contributed by atoms with Crippen LogP contribution < -0.4 is 5.32 Å². The first kappa shape index (κ1) is 21.3. The summed E-state index contributed by atoms with van der Waals surface area (Å²) in [5.41, 5.74) is 2.78. The highest BCUT2D eigenvalue weighted by Crippen LogP contribution is 2.30. The molecule has 3 heterocycles. The second-order valence-electron chi connectivity index (χ2n) is 7.67. The number of halogens is 3. The van der Waals surface area contributed by atoms with Crippen LogP contribution in [0.5, 0.6) is 0 Å². The van der Waals surface area contributed by atoms with Gasteiger partial charge in [0.05, 0.1) is 17.6 Å². The molecule has 0 saturated carbocycles. The first-order valence-corrected chi connectivity index (χ1v) is 10.5. The van der Waals surface area contributed by atoms with E-state index in [9.17, 15) is 4.79 Å². The van der Waals surface area contributed by atoms with Crippen molar-refractivity contribution < 1.29 is 4.79 Å². The van der Waals surface area contributed by atoms with E-state index < -0.39 is 5.41 Å². The molecule has 1 N–H and O–H groups in total. The summed E-state index contributed by atoms with van der Waals surface area (Å²) in [6, 6.07) is 0. The monoisotopic (exact) mass is 531 g/mol. The van der Waals surface area contributed by atoms with Gasteiger partial charge in [0.15, 0.2) is 0 Å². The molecule has 0 aliphatic heterocycles. The molecule has 3 aromatic heterocycles. The van der Waals surface area contributed by atoms with Gasteiger partial charge < -0.3 is 4.57 Å². The van der Waals surface area contributed by atoms with E-state index in [2.05, 4.69) is 42.9 Å². The van der Waals surface area contributed by atoms with Crippen LogP contribution in [-0.2, 0) is 11.3 Å². The fourth-order valence-corrected chi connectivity index (χ4v) is 4.05. The largest absolute Gasteiger partial charge is 0.325 e. The SMILES string of the molecule is Cc1cnc(Cn2cc(I)c3c(Cl)nc(NC(=O)C(C)(C)C)nc32)c(C)c1Cl. The van der Waals surface area contributed by atoms with E-state index in [0.717, 1.165) is 25.8 Å². The molecule has 0 bridgehead atoms. The standard InChI is InChI=1S/C19H20Cl2IN5O/c1-9-6-23-12(10(2)14(9)20)8-27-7-11(22)13-15(21)24-18(25-16(13)27)26-17(28)19(3,4)5/h6-7H,8H2,1-5H3,(H,24,25,26,28). The Bertz CT molecular complexity index is 1090. The molecule has 3 rings (SSSR count). The molecule has 0 fully saturated rings. The minimum absolute atomic E-state index is 0.180. The van der Waals surface area contributed by atoms with Crippen LogP contribution in [0.3, 0.4) is 0 Å². The summed E-state index contributed by atoms with van der Waals surface area (Å²) in [7, 11) is 0. The summed E-state index contributed by atoms with van der Waals surface area (Å²) in [6.45, 7) is 9.82. The van der Waals surface area contributed by atoms with E-state index in [0.29, 0.717) is 22.4 Å². The van der Waals surface area contributed by atoms with Crippen LogP contribution in [0.15, 0.2) is 12.4 Å². The molecule has 3 aromatic rings. The summed E-state index contributed by atoms with van der Waals surface area (Å²) in [4.78, 5) is 25.6. The molecule has 1 amide bonds. The highest BCUT2D eigenvalue weighted by atomic mass is 127. The number of nitrogens with one attached hydrogen (secondary N) is 1. The van der Waals surface area contributed by atoms with Gasteiger partial charge in [0.2, 0.25) is 11.9 Å². The molecule has 0 spiro atoms. The Morgan fingerprint density at radius 2 is 1.93 bits per heavy atom. The van der Waals surface area contributed by atoms with Crippen LogP contribution >= 0.6 is 45.8 Å². The first-order valence-electron chi connectivity index (χ1n) is 8.63. The van der Waals surface area contributed by atoms with Gasteiger partial charge in [-0.2, -0.15) is 9.97 Å². The molecule has 28 heavy (non-hydrogen) atoms. The lowest BCUT2D eigenvalue weighted by Gasteiger charge is -2.17. The maximum absolute atomic E-state index is 12.3. The quantitative estimate of drug-likeness (QED) is 0.363. The van der Waals surface area contributed by atoms with Gasteiger partial charge in [-0.15, -0.1) is 0 Å². The third-order valence-electron chi connectivity index (χ3n) is 4.37. The third-order valence-corrected chi connectivity index (χ3v) is 6.05. The lowest BCUT2D eigenvalue weighted by atomic mass is 9.96. The number of amides is 1. The maximum atomic E-state index is 12.3. The summed E-state index contributed by atoms with van der Waals surface area (Å²) in [6.07, 6.45) is 3.70. The van der Waals surface area contributed by atoms with E-state index in [4.69, 9.17) is 23.2 Å². The number of pyridine rings is 1. The average molecular weight is 532 g/mol. The van der Waals surface area contributed by atoms with Crippen LogP contribution in [0, 0.1) is 22.8 Å². The van der Waals surface area contributed by atoms with Crippen molar-refractivity contribution in [2.45, 2.75) is 41.2 Å². The molecule has 9 heteroatoms. The topological polar surface area (TPSA) is 72.7 Å². The van der Waals surface area contributed by atoms with Crippen molar-refractivity contribution in [3.8, 4) is 0 Å². The minimum atomic E-state index is -0.569. The Labute approximate surface area is 187 Å². The van der Waals surface area contributed by atoms with Crippen molar-refractivity contribution in [2.24, 2.45) is 5.41 Å². The third kappa shape index (κ3) is 4.11. The zero-order valence-corrected chi connectivity index (χ0v) is 19.9. The van der Waals surface area contributed by atoms with Crippen LogP contribution in [0.2, 0.25) is 10.2 Å². The van der Waals surface area contributed by atoms with Crippen LogP contribution in [0.25, 0.3) is 11.0 Å². The summed E-state index contributed by atoms with van der Waals surface area (Å²) < 4.78 is 2.86. The number of aryl methyl sites for hydroxylation is 1. The van der Waals surface area contributed by atoms with E-state index in [1.807, 2.05) is 45.4 Å². The fourth-order valence-electron chi connectivity index (χ4n) is 2.63. The smallest absolute Gasteiger partial charge is 0.232 e. The van der Waals surface area contributed by atoms with E-state index in [1.165, 1.54) is 0 Å². The lowest BCUT2D eigenvalue weighted by Crippen LogP contribution is -2.28. The molecule has 0 saturated heterocycles. The number of anilines is 1. The molecule has 0 radical (unpaired) electrons. The highest BCUT2D eigenvalue weighted by Gasteiger charge is 2.23. The molecule has 0 unspecified atom stereocenters. The molecule has 148 valence electrons. The number of fused-ring (bicyclic) bond motifs is 1. The fraction of sp³-hybridized carbons (Fsp3) is 0.368. The predicted octanol–water partition coefficient (Wildman–Crippen LogP) is 5.39. The maximum Gasteiger partial charge on any atom is 0.232 e. The molecule has 6 nitrogen and oxygen atoms in total. The van der Waals surface area contributed by atoms with Gasteiger partial charge in [-0.3, -0.25) is 15.1 Å². The molecular formula is C19H20Cl2IN5O. The normalized spacial score (nSPS) is 11.9. The summed E-state index contributed by atoms with van der Waals surface area (Å²) in [5, 5.41) is 4.49. The van der Waals surface area contributed by atoms with E-state index in [-0.39, 0.29) is 11.9 Å². The number of carbonyl (C=O) groups excluding carboxylic acids is 1. The van der Waals surface area contributed by atoms with Crippen molar-refractivity contribution >= 4 is 68.7 Å². The molecular weight excluding hydrogens is 512 g/mol. The summed E-state index contributed by atoms with van der Waals surface area (Å²) >= 11 is 15.0. The van der Waals surface area contributed by atoms with Crippen molar-refractivity contribution in [1.29, 1.82) is 0 Å². The summed E-state index contributed by atoms with van der Waals surface area (Å²) in [5.74, 6) is -0.00154. The van der Waals surface area contributed by atoms with Crippen molar-refractivity contribution in [2.75, 3.05) is 5.32 Å². The van der Waals surface area contributed by atoms with Gasteiger partial charge in [-0.05, 0) is 47.6 Å². The first-order chi connectivity index (χ1) is 13.0. The van der Waals surface area contributed by atoms with Crippen LogP contribution in [0.1, 0.15) is 37.6 Å². The van der Waals surface area contributed by atoms with E-state index in [1.54, 1.807) is 6.20 Å². The zero-order valence-electron chi connectivity index (χ0n) is 16.2. The van der Waals surface area contributed by atoms with Gasteiger partial charge in [0, 0.05) is 26.4 Å². The Morgan fingerprint density at radius 3 is 2.57 bits per heavy atom. The molecule has 0 aliphatic carbocycles. The Kier molecular flexibility index (Phi) is 5.89. The average Bonchev–Trinajstić information content (AvgIpc) is 2.90.